The van der Waals surface area contributed by atoms with Gasteiger partial charge < -0.3 is 9.29 Å². The molecule has 2 unspecified atom stereocenters. The van der Waals surface area contributed by atoms with E-state index in [9.17, 15) is 23.3 Å². The van der Waals surface area contributed by atoms with Gasteiger partial charge in [-0.25, -0.2) is 13.6 Å². The largest absolute Gasteiger partial charge is 0.598 e. The molecule has 2 heterocycles. The van der Waals surface area contributed by atoms with Crippen LogP contribution < -0.4 is 10.0 Å². The lowest BCUT2D eigenvalue weighted by Gasteiger charge is -2.38. The van der Waals surface area contributed by atoms with E-state index in [4.69, 9.17) is 4.74 Å². The van der Waals surface area contributed by atoms with E-state index in [1.165, 1.54) is 18.2 Å². The molecule has 2 saturated heterocycles. The maximum Gasteiger partial charge on any atom is 0.331 e. The molecule has 2 N–H and O–H groups in total. The highest BCUT2D eigenvalue weighted by molar-refractivity contribution is 7.90. The van der Waals surface area contributed by atoms with Crippen LogP contribution in [0.2, 0.25) is 0 Å². The number of halogens is 2. The Morgan fingerprint density at radius 3 is 2.53 bits per heavy atom. The van der Waals surface area contributed by atoms with Gasteiger partial charge in [0.15, 0.2) is 0 Å². The molecule has 0 spiro atoms. The number of ether oxygens (including phenoxy) is 1. The second-order valence-corrected chi connectivity index (χ2v) is 11.6. The molecule has 2 fully saturated rings. The van der Waals surface area contributed by atoms with Crippen LogP contribution in [0.25, 0.3) is 0 Å². The molecule has 34 heavy (non-hydrogen) atoms. The van der Waals surface area contributed by atoms with Gasteiger partial charge in [0.05, 0.1) is 0 Å². The second-order valence-electron chi connectivity index (χ2n) is 9.65. The number of nitrogens with zero attached hydrogens (tertiary/aromatic N) is 1. The second kappa shape index (κ2) is 10.7. The lowest BCUT2D eigenvalue weighted by Crippen LogP contribution is -2.62. The molecule has 1 aromatic rings. The third-order valence-corrected chi connectivity index (χ3v) is 7.54. The molecule has 188 valence electrons. The molecule has 0 aliphatic carbocycles. The first kappa shape index (κ1) is 26.5. The number of nitrogens with one attached hydrogen (secondary N) is 2. The number of rotatable bonds is 7. The highest BCUT2D eigenvalue weighted by Gasteiger charge is 2.46. The number of hydrogen-bond acceptors (Lipinski definition) is 6. The number of carbonyl (C=O) groups excluding carboxylic acids is 3. The third-order valence-electron chi connectivity index (χ3n) is 5.96. The third kappa shape index (κ3) is 5.94. The standard InChI is InChI=1S/C23H31F2N3O5S/c1-13-5-6-17(24)15(11-13)19(27-34(32)23(2,3)4)18(25)12-16-20(29)26-22(31)28(21(16)30)14-7-9-33-10-8-14/h5-6,11,14,16,18-19,27H,7-10,12H2,1-4H3,(H,26,29,31)/t16?,18-,19?,34+/m0/s1. The zero-order valence-electron chi connectivity index (χ0n) is 19.7. The minimum Gasteiger partial charge on any atom is -0.598 e. The van der Waals surface area contributed by atoms with Crippen molar-refractivity contribution in [2.24, 2.45) is 5.92 Å². The number of imide groups is 2. The molecule has 0 bridgehead atoms. The molecule has 0 aromatic heterocycles. The summed E-state index contributed by atoms with van der Waals surface area (Å²) in [4.78, 5) is 39.0. The van der Waals surface area contributed by atoms with E-state index in [0.717, 1.165) is 4.90 Å². The quantitative estimate of drug-likeness (QED) is 0.441. The molecule has 4 amide bonds. The summed E-state index contributed by atoms with van der Waals surface area (Å²) in [5.74, 6) is -3.86. The monoisotopic (exact) mass is 499 g/mol. The van der Waals surface area contributed by atoms with E-state index in [0.29, 0.717) is 31.6 Å². The molecule has 8 nitrogen and oxygen atoms in total. The predicted molar refractivity (Wildman–Crippen MR) is 122 cm³/mol. The number of alkyl halides is 1. The molecule has 0 radical (unpaired) electrons. The Labute approximate surface area is 201 Å². The highest BCUT2D eigenvalue weighted by atomic mass is 32.2. The summed E-state index contributed by atoms with van der Waals surface area (Å²) in [5, 5.41) is 2.14. The van der Waals surface area contributed by atoms with E-state index >= 15 is 4.39 Å². The first-order valence-corrected chi connectivity index (χ1v) is 12.4. The fourth-order valence-corrected chi connectivity index (χ4v) is 4.88. The Kier molecular flexibility index (Phi) is 8.33. The van der Waals surface area contributed by atoms with Gasteiger partial charge in [0.1, 0.15) is 28.7 Å². The summed E-state index contributed by atoms with van der Waals surface area (Å²) in [7, 11) is 0. The average molecular weight is 500 g/mol. The van der Waals surface area contributed by atoms with Crippen LogP contribution in [-0.4, -0.2) is 57.5 Å². The normalized spacial score (nSPS) is 23.0. The van der Waals surface area contributed by atoms with Gasteiger partial charge in [-0.1, -0.05) is 17.7 Å². The molecular formula is C23H31F2N3O5S. The Balaban J connectivity index is 1.87. The number of barbiturate groups is 1. The van der Waals surface area contributed by atoms with Gasteiger partial charge in [-0.15, -0.1) is 4.72 Å². The minimum absolute atomic E-state index is 0.0499. The molecule has 2 aliphatic heterocycles. The molecule has 0 saturated carbocycles. The fourth-order valence-electron chi connectivity index (χ4n) is 4.02. The van der Waals surface area contributed by atoms with Gasteiger partial charge in [-0.3, -0.25) is 19.8 Å². The van der Waals surface area contributed by atoms with Gasteiger partial charge >= 0.3 is 6.03 Å². The van der Waals surface area contributed by atoms with Crippen LogP contribution in [0.1, 0.15) is 57.2 Å². The van der Waals surface area contributed by atoms with Crippen LogP contribution in [-0.2, 0) is 25.7 Å². The van der Waals surface area contributed by atoms with E-state index in [2.05, 4.69) is 10.0 Å². The number of amides is 4. The van der Waals surface area contributed by atoms with Gasteiger partial charge in [0.2, 0.25) is 11.8 Å². The van der Waals surface area contributed by atoms with Crippen molar-refractivity contribution < 1.29 is 32.5 Å². The van der Waals surface area contributed by atoms with Crippen molar-refractivity contribution in [2.45, 2.75) is 70.0 Å². The van der Waals surface area contributed by atoms with Crippen molar-refractivity contribution in [2.75, 3.05) is 13.2 Å². The predicted octanol–water partition coefficient (Wildman–Crippen LogP) is 2.83. The number of hydrogen-bond donors (Lipinski definition) is 2. The zero-order valence-corrected chi connectivity index (χ0v) is 20.5. The summed E-state index contributed by atoms with van der Waals surface area (Å²) in [6, 6.07) is 1.50. The van der Waals surface area contributed by atoms with Crippen LogP contribution in [0.15, 0.2) is 18.2 Å². The maximum atomic E-state index is 15.8. The maximum absolute atomic E-state index is 15.8. The zero-order chi connectivity index (χ0) is 25.2. The van der Waals surface area contributed by atoms with Crippen molar-refractivity contribution in [3.05, 3.63) is 35.1 Å². The van der Waals surface area contributed by atoms with Crippen molar-refractivity contribution in [3.63, 3.8) is 0 Å². The molecule has 1 aromatic carbocycles. The summed E-state index contributed by atoms with van der Waals surface area (Å²) in [6.45, 7) is 7.49. The summed E-state index contributed by atoms with van der Waals surface area (Å²) >= 11 is -1.76. The summed E-state index contributed by atoms with van der Waals surface area (Å²) in [5.41, 5.74) is 0.617. The van der Waals surface area contributed by atoms with Gasteiger partial charge in [-0.2, -0.15) is 0 Å². The van der Waals surface area contributed by atoms with Gasteiger partial charge in [-0.05, 0) is 46.6 Å². The van der Waals surface area contributed by atoms with Crippen molar-refractivity contribution in [1.82, 2.24) is 14.9 Å². The summed E-state index contributed by atoms with van der Waals surface area (Å²) < 4.78 is 50.4. The Morgan fingerprint density at radius 1 is 1.26 bits per heavy atom. The lowest BCUT2D eigenvalue weighted by atomic mass is 9.90. The SMILES string of the molecule is Cc1ccc(F)c(C(N[S@+]([O-])C(C)(C)C)[C@@H](F)CC2C(=O)NC(=O)N(C3CCOCC3)C2=O)c1. The summed E-state index contributed by atoms with van der Waals surface area (Å²) in [6.07, 6.45) is -1.72. The van der Waals surface area contributed by atoms with Crippen molar-refractivity contribution in [3.8, 4) is 0 Å². The molecule has 3 rings (SSSR count). The van der Waals surface area contributed by atoms with Gasteiger partial charge in [0.25, 0.3) is 0 Å². The average Bonchev–Trinajstić information content (AvgIpc) is 2.76. The Bertz CT molecular complexity index is 936. The van der Waals surface area contributed by atoms with Crippen LogP contribution >= 0.6 is 0 Å². The molecule has 11 heteroatoms. The van der Waals surface area contributed by atoms with E-state index < -0.39 is 70.4 Å². The Hall–Kier alpha value is -2.08. The molecule has 2 aliphatic rings. The lowest BCUT2D eigenvalue weighted by molar-refractivity contribution is -0.146. The van der Waals surface area contributed by atoms with Crippen LogP contribution in [0.5, 0.6) is 0 Å². The number of aryl methyl sites for hydroxylation is 1. The first-order chi connectivity index (χ1) is 15.9. The fraction of sp³-hybridized carbons (Fsp3) is 0.609. The van der Waals surface area contributed by atoms with Crippen LogP contribution in [0, 0.1) is 18.7 Å². The van der Waals surface area contributed by atoms with Crippen LogP contribution in [0.3, 0.4) is 0 Å². The topological polar surface area (TPSA) is 111 Å². The van der Waals surface area contributed by atoms with Crippen molar-refractivity contribution in [1.29, 1.82) is 0 Å². The molecule has 4 atom stereocenters. The van der Waals surface area contributed by atoms with Gasteiger partial charge in [0, 0.05) is 42.6 Å². The van der Waals surface area contributed by atoms with E-state index in [-0.39, 0.29) is 5.56 Å². The number of urea groups is 1. The Morgan fingerprint density at radius 2 is 1.91 bits per heavy atom. The number of carbonyl (C=O) groups is 3. The van der Waals surface area contributed by atoms with E-state index in [1.54, 1.807) is 27.7 Å². The minimum atomic E-state index is -1.95. The highest BCUT2D eigenvalue weighted by Crippen LogP contribution is 2.32. The molecular weight excluding hydrogens is 468 g/mol. The smallest absolute Gasteiger partial charge is 0.331 e. The van der Waals surface area contributed by atoms with Crippen LogP contribution in [0.4, 0.5) is 13.6 Å². The first-order valence-electron chi connectivity index (χ1n) is 11.2. The van der Waals surface area contributed by atoms with Crippen molar-refractivity contribution >= 4 is 29.2 Å². The van der Waals surface area contributed by atoms with E-state index in [1.807, 2.05) is 0 Å². The number of benzene rings is 1.